The summed E-state index contributed by atoms with van der Waals surface area (Å²) in [5.41, 5.74) is -1.15. The highest BCUT2D eigenvalue weighted by atomic mass is 32.2. The molecular formula is C17H17NO6S. The topological polar surface area (TPSA) is 105 Å². The van der Waals surface area contributed by atoms with Crippen LogP contribution in [-0.4, -0.2) is 36.9 Å². The molecule has 1 aromatic heterocycles. The number of hydrogen-bond acceptors (Lipinski definition) is 5. The average Bonchev–Trinajstić information content (AvgIpc) is 3.12. The molecule has 2 aromatic rings. The third-order valence-electron chi connectivity index (χ3n) is 5.49. The first-order valence-corrected chi connectivity index (χ1v) is 9.54. The van der Waals surface area contributed by atoms with E-state index in [0.717, 1.165) is 12.8 Å². The Bertz CT molecular complexity index is 1030. The first-order chi connectivity index (χ1) is 11.8. The molecule has 0 unspecified atom stereocenters. The van der Waals surface area contributed by atoms with Gasteiger partial charge in [-0.05, 0) is 43.0 Å². The lowest BCUT2D eigenvalue weighted by Crippen LogP contribution is -2.37. The van der Waals surface area contributed by atoms with Gasteiger partial charge < -0.3 is 9.52 Å². The van der Waals surface area contributed by atoms with Crippen molar-refractivity contribution >= 4 is 27.0 Å². The Morgan fingerprint density at radius 1 is 1.28 bits per heavy atom. The highest BCUT2D eigenvalue weighted by molar-refractivity contribution is 7.89. The Balaban J connectivity index is 1.72. The number of carbonyl (C=O) groups is 1. The Morgan fingerprint density at radius 3 is 2.80 bits per heavy atom. The summed E-state index contributed by atoms with van der Waals surface area (Å²) in [5, 5.41) is 10.1. The van der Waals surface area contributed by atoms with Crippen molar-refractivity contribution in [3.8, 4) is 0 Å². The molecule has 1 aliphatic carbocycles. The van der Waals surface area contributed by atoms with E-state index in [1.807, 2.05) is 0 Å². The van der Waals surface area contributed by atoms with Gasteiger partial charge in [-0.25, -0.2) is 13.2 Å². The molecule has 7 nitrogen and oxygen atoms in total. The first kappa shape index (κ1) is 16.3. The second-order valence-corrected chi connectivity index (χ2v) is 8.74. The van der Waals surface area contributed by atoms with E-state index in [1.165, 1.54) is 34.6 Å². The Kier molecular flexibility index (Phi) is 3.52. The van der Waals surface area contributed by atoms with Crippen LogP contribution in [0.5, 0.6) is 0 Å². The fourth-order valence-electron chi connectivity index (χ4n) is 4.14. The molecule has 0 spiro atoms. The molecule has 132 valence electrons. The van der Waals surface area contributed by atoms with Gasteiger partial charge in [0.2, 0.25) is 10.0 Å². The van der Waals surface area contributed by atoms with Crippen LogP contribution in [0.2, 0.25) is 0 Å². The van der Waals surface area contributed by atoms with Crippen molar-refractivity contribution in [2.75, 3.05) is 13.1 Å². The van der Waals surface area contributed by atoms with E-state index in [2.05, 4.69) is 0 Å². The van der Waals surface area contributed by atoms with E-state index >= 15 is 0 Å². The smallest absolute Gasteiger partial charge is 0.336 e. The zero-order valence-electron chi connectivity index (χ0n) is 13.3. The normalized spacial score (nSPS) is 26.8. The predicted molar refractivity (Wildman–Crippen MR) is 88.7 cm³/mol. The zero-order chi connectivity index (χ0) is 17.8. The number of benzene rings is 1. The zero-order valence-corrected chi connectivity index (χ0v) is 14.2. The van der Waals surface area contributed by atoms with Gasteiger partial charge in [0.05, 0.1) is 10.3 Å². The monoisotopic (exact) mass is 363 g/mol. The maximum atomic E-state index is 13.0. The predicted octanol–water partition coefficient (Wildman–Crippen LogP) is 1.67. The third-order valence-corrected chi connectivity index (χ3v) is 7.30. The van der Waals surface area contributed by atoms with Gasteiger partial charge in [0.15, 0.2) is 0 Å². The summed E-state index contributed by atoms with van der Waals surface area (Å²) in [5.74, 6) is -1.05. The summed E-state index contributed by atoms with van der Waals surface area (Å²) in [4.78, 5) is 23.1. The summed E-state index contributed by atoms with van der Waals surface area (Å²) >= 11 is 0. The Morgan fingerprint density at radius 2 is 2.08 bits per heavy atom. The number of aliphatic carboxylic acids is 1. The number of nitrogens with zero attached hydrogens (tertiary/aromatic N) is 1. The summed E-state index contributed by atoms with van der Waals surface area (Å²) in [7, 11) is -3.80. The molecule has 1 aromatic carbocycles. The lowest BCUT2D eigenvalue weighted by molar-refractivity contribution is -0.149. The number of rotatable bonds is 3. The van der Waals surface area contributed by atoms with Crippen LogP contribution in [0.3, 0.4) is 0 Å². The van der Waals surface area contributed by atoms with Crippen molar-refractivity contribution < 1.29 is 22.7 Å². The van der Waals surface area contributed by atoms with E-state index in [4.69, 9.17) is 4.42 Å². The van der Waals surface area contributed by atoms with Crippen molar-refractivity contribution in [3.05, 3.63) is 40.8 Å². The maximum Gasteiger partial charge on any atom is 0.336 e. The molecular weight excluding hydrogens is 346 g/mol. The summed E-state index contributed by atoms with van der Waals surface area (Å²) in [6, 6.07) is 7.04. The van der Waals surface area contributed by atoms with Crippen LogP contribution in [0.15, 0.2) is 44.4 Å². The minimum Gasteiger partial charge on any atom is -0.481 e. The fraction of sp³-hybridized carbons (Fsp3) is 0.412. The summed E-state index contributed by atoms with van der Waals surface area (Å²) in [6.45, 7) is 0.244. The molecule has 2 fully saturated rings. The van der Waals surface area contributed by atoms with Gasteiger partial charge in [-0.3, -0.25) is 4.79 Å². The summed E-state index contributed by atoms with van der Waals surface area (Å²) in [6.07, 6.45) is 2.07. The Hall–Kier alpha value is -2.19. The molecule has 2 atom stereocenters. The van der Waals surface area contributed by atoms with Crippen LogP contribution in [0.25, 0.3) is 11.0 Å². The molecule has 25 heavy (non-hydrogen) atoms. The molecule has 4 rings (SSSR count). The highest BCUT2D eigenvalue weighted by Crippen LogP contribution is 2.50. The average molecular weight is 363 g/mol. The molecule has 0 amide bonds. The van der Waals surface area contributed by atoms with E-state index in [0.29, 0.717) is 17.4 Å². The van der Waals surface area contributed by atoms with E-state index in [1.54, 1.807) is 0 Å². The van der Waals surface area contributed by atoms with Crippen LogP contribution in [-0.2, 0) is 14.8 Å². The number of hydrogen-bond donors (Lipinski definition) is 1. The maximum absolute atomic E-state index is 13.0. The standard InChI is InChI=1S/C17H17NO6S/c19-15-6-3-11-8-13(4-5-14(11)24-15)25(22,23)18-9-12-2-1-7-17(12,10-18)16(20)21/h3-6,8,12H,1-2,7,9-10H2,(H,20,21)/t12-,17+/m0/s1. The van der Waals surface area contributed by atoms with Gasteiger partial charge in [-0.15, -0.1) is 0 Å². The number of fused-ring (bicyclic) bond motifs is 2. The van der Waals surface area contributed by atoms with Crippen molar-refractivity contribution in [3.63, 3.8) is 0 Å². The molecule has 2 aliphatic rings. The quantitative estimate of drug-likeness (QED) is 0.832. The third kappa shape index (κ3) is 2.39. The number of carboxylic acid groups (broad SMARTS) is 1. The second kappa shape index (κ2) is 5.40. The number of carboxylic acids is 1. The van der Waals surface area contributed by atoms with Crippen molar-refractivity contribution in [2.45, 2.75) is 24.2 Å². The van der Waals surface area contributed by atoms with Gasteiger partial charge in [0, 0.05) is 24.5 Å². The van der Waals surface area contributed by atoms with Crippen molar-refractivity contribution in [2.24, 2.45) is 11.3 Å². The van der Waals surface area contributed by atoms with Gasteiger partial charge in [0.25, 0.3) is 0 Å². The van der Waals surface area contributed by atoms with Crippen molar-refractivity contribution in [1.82, 2.24) is 4.31 Å². The largest absolute Gasteiger partial charge is 0.481 e. The second-order valence-electron chi connectivity index (χ2n) is 6.80. The van der Waals surface area contributed by atoms with Gasteiger partial charge in [0.1, 0.15) is 5.58 Å². The molecule has 8 heteroatoms. The van der Waals surface area contributed by atoms with E-state index in [9.17, 15) is 23.1 Å². The van der Waals surface area contributed by atoms with Gasteiger partial charge in [-0.1, -0.05) is 6.42 Å². The molecule has 1 N–H and O–H groups in total. The molecule has 1 saturated carbocycles. The van der Waals surface area contributed by atoms with Crippen LogP contribution in [0.4, 0.5) is 0 Å². The molecule has 1 aliphatic heterocycles. The van der Waals surface area contributed by atoms with E-state index < -0.39 is 27.0 Å². The first-order valence-electron chi connectivity index (χ1n) is 8.10. The molecule has 1 saturated heterocycles. The summed E-state index contributed by atoms with van der Waals surface area (Å²) < 4.78 is 32.3. The minimum atomic E-state index is -3.80. The lowest BCUT2D eigenvalue weighted by atomic mass is 9.81. The highest BCUT2D eigenvalue weighted by Gasteiger charge is 2.57. The molecule has 0 bridgehead atoms. The Labute approximate surface area is 143 Å². The van der Waals surface area contributed by atoms with Crippen LogP contribution in [0, 0.1) is 11.3 Å². The lowest BCUT2D eigenvalue weighted by Gasteiger charge is -2.23. The van der Waals surface area contributed by atoms with Crippen molar-refractivity contribution in [1.29, 1.82) is 0 Å². The fourth-order valence-corrected chi connectivity index (χ4v) is 5.73. The van der Waals surface area contributed by atoms with Gasteiger partial charge in [-0.2, -0.15) is 4.31 Å². The van der Waals surface area contributed by atoms with E-state index in [-0.39, 0.29) is 23.9 Å². The molecule has 2 heterocycles. The number of sulfonamides is 1. The van der Waals surface area contributed by atoms with Crippen LogP contribution >= 0.6 is 0 Å². The SMILES string of the molecule is O=C(O)[C@@]12CCC[C@H]1CN(S(=O)(=O)c1ccc3oc(=O)ccc3c1)C2. The van der Waals surface area contributed by atoms with Crippen LogP contribution < -0.4 is 5.63 Å². The minimum absolute atomic E-state index is 0.0112. The van der Waals surface area contributed by atoms with Crippen LogP contribution in [0.1, 0.15) is 19.3 Å². The van der Waals surface area contributed by atoms with Gasteiger partial charge >= 0.3 is 11.6 Å². The molecule has 0 radical (unpaired) electrons.